The summed E-state index contributed by atoms with van der Waals surface area (Å²) >= 11 is 4.76. The van der Waals surface area contributed by atoms with E-state index in [-0.39, 0.29) is 5.91 Å². The summed E-state index contributed by atoms with van der Waals surface area (Å²) in [6.45, 7) is 0. The van der Waals surface area contributed by atoms with Crippen LogP contribution < -0.4 is 29.0 Å². The molecule has 0 unspecified atom stereocenters. The van der Waals surface area contributed by atoms with Gasteiger partial charge in [0.05, 0.1) is 40.0 Å². The number of methoxy groups -OCH3 is 5. The molecule has 1 amide bonds. The van der Waals surface area contributed by atoms with Crippen LogP contribution in [0.15, 0.2) is 28.7 Å². The van der Waals surface area contributed by atoms with E-state index in [0.717, 1.165) is 5.56 Å². The molecule has 0 saturated heterocycles. The highest BCUT2D eigenvalue weighted by molar-refractivity contribution is 9.10. The number of hydrogen-bond donors (Lipinski definition) is 1. The lowest BCUT2D eigenvalue weighted by molar-refractivity contribution is 0.102. The van der Waals surface area contributed by atoms with E-state index in [4.69, 9.17) is 23.7 Å². The van der Waals surface area contributed by atoms with E-state index in [2.05, 4.69) is 31.4 Å². The second-order valence-corrected chi connectivity index (χ2v) is 8.15. The Bertz CT molecular complexity index is 1180. The van der Waals surface area contributed by atoms with Crippen molar-refractivity contribution < 1.29 is 28.5 Å². The monoisotopic (exact) mass is 535 g/mol. The van der Waals surface area contributed by atoms with Gasteiger partial charge in [-0.3, -0.25) is 10.1 Å². The number of amides is 1. The average Bonchev–Trinajstić information content (AvgIpc) is 3.29. The van der Waals surface area contributed by atoms with Gasteiger partial charge in [-0.2, -0.15) is 0 Å². The first-order chi connectivity index (χ1) is 15.9. The van der Waals surface area contributed by atoms with Gasteiger partial charge in [0.2, 0.25) is 10.9 Å². The second kappa shape index (κ2) is 11.0. The van der Waals surface area contributed by atoms with Crippen LogP contribution in [0.5, 0.6) is 28.7 Å². The molecule has 0 spiro atoms. The van der Waals surface area contributed by atoms with E-state index in [1.54, 1.807) is 45.6 Å². The van der Waals surface area contributed by atoms with Gasteiger partial charge < -0.3 is 23.7 Å². The third kappa shape index (κ3) is 5.37. The van der Waals surface area contributed by atoms with Crippen molar-refractivity contribution in [1.29, 1.82) is 0 Å². The normalized spacial score (nSPS) is 10.7. The highest BCUT2D eigenvalue weighted by Crippen LogP contribution is 2.45. The predicted octanol–water partition coefficient (Wildman–Crippen LogP) is 4.77. The van der Waals surface area contributed by atoms with Gasteiger partial charge >= 0.3 is 0 Å². The number of halogens is 1. The topological polar surface area (TPSA) is 101 Å². The Hall–Kier alpha value is -3.31. The van der Waals surface area contributed by atoms with Gasteiger partial charge in [-0.25, -0.2) is 0 Å². The molecule has 0 radical (unpaired) electrons. The third-order valence-corrected chi connectivity index (χ3v) is 6.13. The molecule has 3 aromatic rings. The summed E-state index contributed by atoms with van der Waals surface area (Å²) in [5, 5.41) is 11.8. The number of hydrogen-bond acceptors (Lipinski definition) is 9. The molecule has 2 aromatic carbocycles. The zero-order valence-electron chi connectivity index (χ0n) is 18.6. The molecule has 174 valence electrons. The number of carbonyl (C=O) groups is 1. The van der Waals surface area contributed by atoms with Crippen molar-refractivity contribution in [3.8, 4) is 28.7 Å². The zero-order chi connectivity index (χ0) is 24.0. The fourth-order valence-electron chi connectivity index (χ4n) is 2.92. The first-order valence-corrected chi connectivity index (χ1v) is 11.1. The fraction of sp³-hybridized carbons (Fsp3) is 0.227. The quantitative estimate of drug-likeness (QED) is 0.418. The van der Waals surface area contributed by atoms with Gasteiger partial charge in [0, 0.05) is 5.56 Å². The van der Waals surface area contributed by atoms with Gasteiger partial charge in [0.15, 0.2) is 23.0 Å². The van der Waals surface area contributed by atoms with Gasteiger partial charge in [-0.15, -0.1) is 10.2 Å². The smallest absolute Gasteiger partial charge is 0.257 e. The maximum atomic E-state index is 12.6. The molecule has 0 saturated carbocycles. The molecule has 9 nitrogen and oxygen atoms in total. The number of anilines is 1. The Morgan fingerprint density at radius 3 is 2.21 bits per heavy atom. The van der Waals surface area contributed by atoms with E-state index in [0.29, 0.717) is 48.9 Å². The minimum absolute atomic E-state index is 0.338. The van der Waals surface area contributed by atoms with Crippen molar-refractivity contribution in [2.75, 3.05) is 40.9 Å². The summed E-state index contributed by atoms with van der Waals surface area (Å²) in [4.78, 5) is 12.6. The lowest BCUT2D eigenvalue weighted by atomic mass is 10.1. The van der Waals surface area contributed by atoms with Crippen molar-refractivity contribution in [2.45, 2.75) is 0 Å². The maximum absolute atomic E-state index is 12.6. The molecule has 1 aromatic heterocycles. The summed E-state index contributed by atoms with van der Waals surface area (Å²) in [6.07, 6.45) is 3.60. The van der Waals surface area contributed by atoms with Crippen LogP contribution in [0.25, 0.3) is 12.2 Å². The van der Waals surface area contributed by atoms with E-state index >= 15 is 0 Å². The molecule has 11 heteroatoms. The van der Waals surface area contributed by atoms with Crippen LogP contribution in [0, 0.1) is 0 Å². The zero-order valence-corrected chi connectivity index (χ0v) is 21.0. The molecule has 0 aliphatic heterocycles. The first kappa shape index (κ1) is 24.3. The highest BCUT2D eigenvalue weighted by atomic mass is 79.9. The molecule has 3 rings (SSSR count). The van der Waals surface area contributed by atoms with Crippen LogP contribution in [-0.4, -0.2) is 51.7 Å². The lowest BCUT2D eigenvalue weighted by Crippen LogP contribution is -2.11. The molecular formula is C22H22BrN3O6S. The predicted molar refractivity (Wildman–Crippen MR) is 130 cm³/mol. The molecule has 0 fully saturated rings. The Morgan fingerprint density at radius 2 is 1.58 bits per heavy atom. The molecule has 1 N–H and O–H groups in total. The number of carbonyl (C=O) groups excluding carboxylic acids is 1. The second-order valence-electron chi connectivity index (χ2n) is 6.35. The average molecular weight is 536 g/mol. The van der Waals surface area contributed by atoms with E-state index in [1.165, 1.54) is 25.6 Å². The summed E-state index contributed by atoms with van der Waals surface area (Å²) in [5.41, 5.74) is 1.19. The van der Waals surface area contributed by atoms with Crippen LogP contribution in [0.1, 0.15) is 20.9 Å². The number of ether oxygens (including phenoxy) is 5. The Labute approximate surface area is 203 Å². The van der Waals surface area contributed by atoms with Crippen LogP contribution in [0.2, 0.25) is 0 Å². The summed E-state index contributed by atoms with van der Waals surface area (Å²) in [7, 11) is 7.69. The van der Waals surface area contributed by atoms with E-state index < -0.39 is 0 Å². The number of nitrogens with zero attached hydrogens (tertiary/aromatic N) is 2. The minimum atomic E-state index is -0.338. The van der Waals surface area contributed by atoms with Crippen LogP contribution in [0.3, 0.4) is 0 Å². The van der Waals surface area contributed by atoms with Crippen LogP contribution in [-0.2, 0) is 0 Å². The van der Waals surface area contributed by atoms with Gasteiger partial charge in [0.25, 0.3) is 5.91 Å². The third-order valence-electron chi connectivity index (χ3n) is 4.51. The van der Waals surface area contributed by atoms with Crippen molar-refractivity contribution >= 4 is 50.5 Å². The Morgan fingerprint density at radius 1 is 0.879 bits per heavy atom. The van der Waals surface area contributed by atoms with Gasteiger partial charge in [0.1, 0.15) is 5.01 Å². The largest absolute Gasteiger partial charge is 0.493 e. The minimum Gasteiger partial charge on any atom is -0.493 e. The summed E-state index contributed by atoms with van der Waals surface area (Å²) in [5.74, 6) is 2.18. The number of aromatic nitrogens is 2. The van der Waals surface area contributed by atoms with Crippen LogP contribution >= 0.6 is 27.3 Å². The molecule has 0 atom stereocenters. The lowest BCUT2D eigenvalue weighted by Gasteiger charge is -2.15. The highest BCUT2D eigenvalue weighted by Gasteiger charge is 2.18. The molecule has 33 heavy (non-hydrogen) atoms. The Kier molecular flexibility index (Phi) is 8.12. The molecule has 0 bridgehead atoms. The molecular weight excluding hydrogens is 514 g/mol. The standard InChI is InChI=1S/C22H22BrN3O6S/c1-28-14-8-6-13(11-15(14)29-2)21(27)24-22-26-25-17(33-22)9-7-12-10-16(30-3)19(31-4)20(32-5)18(12)23/h6-11H,1-5H3,(H,24,26,27)/b9-7+. The molecule has 0 aliphatic carbocycles. The van der Waals surface area contributed by atoms with Gasteiger partial charge in [-0.05, 0) is 51.8 Å². The van der Waals surface area contributed by atoms with Crippen molar-refractivity contribution in [3.05, 3.63) is 44.9 Å². The summed E-state index contributed by atoms with van der Waals surface area (Å²) in [6, 6.07) is 6.71. The van der Waals surface area contributed by atoms with Crippen molar-refractivity contribution in [2.24, 2.45) is 0 Å². The summed E-state index contributed by atoms with van der Waals surface area (Å²) < 4.78 is 27.4. The maximum Gasteiger partial charge on any atom is 0.257 e. The fourth-order valence-corrected chi connectivity index (χ4v) is 4.15. The number of nitrogens with one attached hydrogen (secondary N) is 1. The number of rotatable bonds is 9. The molecule has 1 heterocycles. The molecule has 0 aliphatic rings. The number of benzene rings is 2. The SMILES string of the molecule is COc1ccc(C(=O)Nc2nnc(/C=C/c3cc(OC)c(OC)c(OC)c3Br)s2)cc1OC. The van der Waals surface area contributed by atoms with E-state index in [9.17, 15) is 4.79 Å². The van der Waals surface area contributed by atoms with Crippen molar-refractivity contribution in [3.63, 3.8) is 0 Å². The van der Waals surface area contributed by atoms with Gasteiger partial charge in [-0.1, -0.05) is 17.4 Å². The van der Waals surface area contributed by atoms with E-state index in [1.807, 2.05) is 12.1 Å². The van der Waals surface area contributed by atoms with Crippen LogP contribution in [0.4, 0.5) is 5.13 Å². The Balaban J connectivity index is 1.78. The van der Waals surface area contributed by atoms with Crippen molar-refractivity contribution in [1.82, 2.24) is 10.2 Å². The first-order valence-electron chi connectivity index (χ1n) is 9.49.